The van der Waals surface area contributed by atoms with Crippen molar-refractivity contribution in [3.05, 3.63) is 29.3 Å². The van der Waals surface area contributed by atoms with E-state index < -0.39 is 0 Å². The first-order chi connectivity index (χ1) is 9.63. The molecule has 0 aromatic heterocycles. The first-order valence-electron chi connectivity index (χ1n) is 7.51. The number of anilines is 1. The molecule has 2 fully saturated rings. The van der Waals surface area contributed by atoms with Crippen molar-refractivity contribution in [3.63, 3.8) is 0 Å². The number of aryl methyl sites for hydroxylation is 2. The molecule has 1 aromatic rings. The van der Waals surface area contributed by atoms with E-state index in [4.69, 9.17) is 0 Å². The summed E-state index contributed by atoms with van der Waals surface area (Å²) < 4.78 is 0. The molecule has 0 spiro atoms. The van der Waals surface area contributed by atoms with Crippen molar-refractivity contribution in [1.82, 2.24) is 9.80 Å². The summed E-state index contributed by atoms with van der Waals surface area (Å²) in [6, 6.07) is 6.76. The molecular formula is C16H23N3O. The zero-order valence-corrected chi connectivity index (χ0v) is 12.4. The molecule has 2 heterocycles. The van der Waals surface area contributed by atoms with Crippen molar-refractivity contribution < 1.29 is 4.79 Å². The van der Waals surface area contributed by atoms with E-state index >= 15 is 0 Å². The normalized spacial score (nSPS) is 22.7. The topological polar surface area (TPSA) is 35.6 Å². The molecule has 1 atom stereocenters. The number of hydrogen-bond acceptors (Lipinski definition) is 2. The second-order valence-corrected chi connectivity index (χ2v) is 6.03. The van der Waals surface area contributed by atoms with Crippen LogP contribution in [0.3, 0.4) is 0 Å². The fraction of sp³-hybridized carbons (Fsp3) is 0.562. The van der Waals surface area contributed by atoms with E-state index in [0.29, 0.717) is 6.04 Å². The van der Waals surface area contributed by atoms with Crippen LogP contribution in [0.15, 0.2) is 18.2 Å². The van der Waals surface area contributed by atoms with Crippen molar-refractivity contribution in [2.75, 3.05) is 31.5 Å². The summed E-state index contributed by atoms with van der Waals surface area (Å²) in [6.45, 7) is 8.04. The Labute approximate surface area is 120 Å². The Morgan fingerprint density at radius 3 is 2.90 bits per heavy atom. The monoisotopic (exact) mass is 273 g/mol. The zero-order chi connectivity index (χ0) is 14.1. The number of amides is 2. The number of benzene rings is 1. The molecule has 4 heteroatoms. The van der Waals surface area contributed by atoms with Crippen LogP contribution < -0.4 is 5.32 Å². The minimum Gasteiger partial charge on any atom is -0.322 e. The third-order valence-corrected chi connectivity index (χ3v) is 4.50. The molecule has 3 rings (SSSR count). The van der Waals surface area contributed by atoms with E-state index in [9.17, 15) is 4.79 Å². The number of carbonyl (C=O) groups is 1. The summed E-state index contributed by atoms with van der Waals surface area (Å²) in [7, 11) is 0. The van der Waals surface area contributed by atoms with Crippen LogP contribution in [0.4, 0.5) is 10.5 Å². The predicted molar refractivity (Wildman–Crippen MR) is 81.1 cm³/mol. The van der Waals surface area contributed by atoms with Crippen LogP contribution in [0.5, 0.6) is 0 Å². The van der Waals surface area contributed by atoms with Gasteiger partial charge in [-0.05, 0) is 44.9 Å². The first kappa shape index (κ1) is 13.4. The molecular weight excluding hydrogens is 250 g/mol. The highest BCUT2D eigenvalue weighted by molar-refractivity contribution is 5.90. The Morgan fingerprint density at radius 1 is 1.25 bits per heavy atom. The van der Waals surface area contributed by atoms with Crippen LogP contribution in [0.25, 0.3) is 0 Å². The van der Waals surface area contributed by atoms with Crippen LogP contribution in [-0.4, -0.2) is 48.1 Å². The van der Waals surface area contributed by atoms with Gasteiger partial charge in [0.05, 0.1) is 0 Å². The van der Waals surface area contributed by atoms with E-state index in [-0.39, 0.29) is 6.03 Å². The maximum atomic E-state index is 12.4. The second kappa shape index (κ2) is 5.44. The van der Waals surface area contributed by atoms with Gasteiger partial charge in [-0.25, -0.2) is 4.79 Å². The highest BCUT2D eigenvalue weighted by atomic mass is 16.2. The van der Waals surface area contributed by atoms with Gasteiger partial charge >= 0.3 is 6.03 Å². The molecule has 2 aliphatic rings. The number of fused-ring (bicyclic) bond motifs is 1. The Bertz CT molecular complexity index is 514. The van der Waals surface area contributed by atoms with Gasteiger partial charge in [0.2, 0.25) is 0 Å². The quantitative estimate of drug-likeness (QED) is 0.853. The largest absolute Gasteiger partial charge is 0.322 e. The van der Waals surface area contributed by atoms with E-state index in [2.05, 4.69) is 23.2 Å². The molecule has 1 aromatic carbocycles. The molecule has 0 aliphatic carbocycles. The van der Waals surface area contributed by atoms with Crippen molar-refractivity contribution in [1.29, 1.82) is 0 Å². The SMILES string of the molecule is Cc1ccc(NC(=O)N2CCN3CCCC3C2)c(C)c1. The number of rotatable bonds is 1. The van der Waals surface area contributed by atoms with Gasteiger partial charge in [0.1, 0.15) is 0 Å². The summed E-state index contributed by atoms with van der Waals surface area (Å²) in [4.78, 5) is 16.9. The summed E-state index contributed by atoms with van der Waals surface area (Å²) in [6.07, 6.45) is 2.50. The Hall–Kier alpha value is -1.55. The molecule has 20 heavy (non-hydrogen) atoms. The number of nitrogens with zero attached hydrogens (tertiary/aromatic N) is 2. The maximum absolute atomic E-state index is 12.4. The standard InChI is InChI=1S/C16H23N3O/c1-12-5-6-15(13(2)10-12)17-16(20)19-9-8-18-7-3-4-14(18)11-19/h5-6,10,14H,3-4,7-9,11H2,1-2H3,(H,17,20). The molecule has 108 valence electrons. The number of hydrogen-bond donors (Lipinski definition) is 1. The summed E-state index contributed by atoms with van der Waals surface area (Å²) in [5, 5.41) is 3.06. The van der Waals surface area contributed by atoms with E-state index in [1.54, 1.807) is 0 Å². The Kier molecular flexibility index (Phi) is 3.66. The summed E-state index contributed by atoms with van der Waals surface area (Å²) >= 11 is 0. The average Bonchev–Trinajstić information content (AvgIpc) is 2.89. The zero-order valence-electron chi connectivity index (χ0n) is 12.4. The number of urea groups is 1. The third kappa shape index (κ3) is 2.66. The third-order valence-electron chi connectivity index (χ3n) is 4.50. The van der Waals surface area contributed by atoms with Crippen LogP contribution >= 0.6 is 0 Å². The van der Waals surface area contributed by atoms with E-state index in [1.165, 1.54) is 24.9 Å². The predicted octanol–water partition coefficient (Wildman–Crippen LogP) is 2.62. The molecule has 1 unspecified atom stereocenters. The number of carbonyl (C=O) groups excluding carboxylic acids is 1. The minimum absolute atomic E-state index is 0.0449. The molecule has 0 radical (unpaired) electrons. The van der Waals surface area contributed by atoms with Gasteiger partial charge in [0, 0.05) is 31.4 Å². The second-order valence-electron chi connectivity index (χ2n) is 6.03. The molecule has 4 nitrogen and oxygen atoms in total. The maximum Gasteiger partial charge on any atom is 0.321 e. The van der Waals surface area contributed by atoms with Gasteiger partial charge in [-0.2, -0.15) is 0 Å². The Balaban J connectivity index is 1.64. The summed E-state index contributed by atoms with van der Waals surface area (Å²) in [5.74, 6) is 0. The van der Waals surface area contributed by atoms with Crippen molar-refractivity contribution in [2.45, 2.75) is 32.7 Å². The molecule has 0 saturated carbocycles. The smallest absolute Gasteiger partial charge is 0.321 e. The van der Waals surface area contributed by atoms with Gasteiger partial charge in [-0.15, -0.1) is 0 Å². The fourth-order valence-electron chi connectivity index (χ4n) is 3.32. The molecule has 1 N–H and O–H groups in total. The van der Waals surface area contributed by atoms with E-state index in [0.717, 1.165) is 30.9 Å². The van der Waals surface area contributed by atoms with Gasteiger partial charge in [0.25, 0.3) is 0 Å². The number of nitrogens with one attached hydrogen (secondary N) is 1. The lowest BCUT2D eigenvalue weighted by Gasteiger charge is -2.37. The fourth-order valence-corrected chi connectivity index (χ4v) is 3.32. The van der Waals surface area contributed by atoms with Gasteiger partial charge in [0.15, 0.2) is 0 Å². The lowest BCUT2D eigenvalue weighted by atomic mass is 10.1. The van der Waals surface area contributed by atoms with Gasteiger partial charge in [-0.3, -0.25) is 4.90 Å². The first-order valence-corrected chi connectivity index (χ1v) is 7.51. The summed E-state index contributed by atoms with van der Waals surface area (Å²) in [5.41, 5.74) is 3.27. The molecule has 2 saturated heterocycles. The van der Waals surface area contributed by atoms with Gasteiger partial charge in [-0.1, -0.05) is 17.7 Å². The van der Waals surface area contributed by atoms with Crippen LogP contribution in [0, 0.1) is 13.8 Å². The van der Waals surface area contributed by atoms with Crippen LogP contribution in [-0.2, 0) is 0 Å². The van der Waals surface area contributed by atoms with Crippen molar-refractivity contribution in [2.24, 2.45) is 0 Å². The average molecular weight is 273 g/mol. The number of piperazine rings is 1. The van der Waals surface area contributed by atoms with Crippen molar-refractivity contribution >= 4 is 11.7 Å². The van der Waals surface area contributed by atoms with E-state index in [1.807, 2.05) is 24.0 Å². The van der Waals surface area contributed by atoms with Gasteiger partial charge < -0.3 is 10.2 Å². The molecule has 2 amide bonds. The molecule has 0 bridgehead atoms. The van der Waals surface area contributed by atoms with Crippen molar-refractivity contribution in [3.8, 4) is 0 Å². The molecule has 2 aliphatic heterocycles. The highest BCUT2D eigenvalue weighted by Crippen LogP contribution is 2.22. The van der Waals surface area contributed by atoms with Crippen LogP contribution in [0.2, 0.25) is 0 Å². The van der Waals surface area contributed by atoms with Crippen LogP contribution in [0.1, 0.15) is 24.0 Å². The Morgan fingerprint density at radius 2 is 2.10 bits per heavy atom. The lowest BCUT2D eigenvalue weighted by molar-refractivity contribution is 0.124. The lowest BCUT2D eigenvalue weighted by Crippen LogP contribution is -2.53. The highest BCUT2D eigenvalue weighted by Gasteiger charge is 2.32. The minimum atomic E-state index is 0.0449.